The maximum atomic E-state index is 13.0. The van der Waals surface area contributed by atoms with Gasteiger partial charge < -0.3 is 16.0 Å². The molecule has 3 N–H and O–H groups in total. The van der Waals surface area contributed by atoms with Gasteiger partial charge in [-0.1, -0.05) is 25.0 Å². The van der Waals surface area contributed by atoms with Crippen molar-refractivity contribution < 1.29 is 13.2 Å². The first kappa shape index (κ1) is 21.3. The molecule has 0 aromatic heterocycles. The number of fused-ring (bicyclic) bond motifs is 1. The van der Waals surface area contributed by atoms with Gasteiger partial charge in [-0.05, 0) is 62.4 Å². The number of nitrogens with zero attached hydrogens (tertiary/aromatic N) is 1. The second-order valence-electron chi connectivity index (χ2n) is 8.78. The average molecular weight is 431 g/mol. The summed E-state index contributed by atoms with van der Waals surface area (Å²) in [6, 6.07) is 9.16. The van der Waals surface area contributed by atoms with E-state index >= 15 is 0 Å². The maximum absolute atomic E-state index is 13.0. The van der Waals surface area contributed by atoms with Crippen LogP contribution in [0.5, 0.6) is 0 Å². The molecule has 5 unspecified atom stereocenters. The van der Waals surface area contributed by atoms with Crippen LogP contribution in [0.1, 0.15) is 44.1 Å². The fourth-order valence-corrected chi connectivity index (χ4v) is 7.07. The summed E-state index contributed by atoms with van der Waals surface area (Å²) in [7, 11) is -3.52. The summed E-state index contributed by atoms with van der Waals surface area (Å²) in [5.74, 6) is 0.0803. The number of nitrogens with one attached hydrogen (secondary N) is 3. The lowest BCUT2D eigenvalue weighted by atomic mass is 9.90. The molecular formula is C22H30N4O3S. The molecular weight excluding hydrogens is 400 g/mol. The summed E-state index contributed by atoms with van der Waals surface area (Å²) in [6.07, 6.45) is 4.86. The Labute approximate surface area is 178 Å². The number of piperidine rings is 1. The number of hydrogen-bond acceptors (Lipinski definition) is 6. The van der Waals surface area contributed by atoms with Crippen LogP contribution in [0.15, 0.2) is 29.2 Å². The molecule has 3 aliphatic rings. The molecule has 2 saturated heterocycles. The van der Waals surface area contributed by atoms with Crippen molar-refractivity contribution in [1.29, 1.82) is 5.26 Å². The molecule has 1 saturated carbocycles. The Hall–Kier alpha value is -1.95. The van der Waals surface area contributed by atoms with E-state index in [9.17, 15) is 18.5 Å². The predicted octanol–water partition coefficient (Wildman–Crippen LogP) is 1.50. The van der Waals surface area contributed by atoms with E-state index < -0.39 is 21.0 Å². The van der Waals surface area contributed by atoms with Gasteiger partial charge in [-0.25, -0.2) is 8.42 Å². The monoisotopic (exact) mass is 430 g/mol. The molecule has 8 heteroatoms. The van der Waals surface area contributed by atoms with Gasteiger partial charge in [0.15, 0.2) is 9.84 Å². The number of benzene rings is 1. The first-order chi connectivity index (χ1) is 14.5. The van der Waals surface area contributed by atoms with E-state index in [2.05, 4.69) is 22.0 Å². The number of carbonyl (C=O) groups is 1. The van der Waals surface area contributed by atoms with Crippen molar-refractivity contribution in [3.8, 4) is 6.07 Å². The largest absolute Gasteiger partial charge is 0.351 e. The fraction of sp³-hybridized carbons (Fsp3) is 0.636. The summed E-state index contributed by atoms with van der Waals surface area (Å²) >= 11 is 0. The van der Waals surface area contributed by atoms with Gasteiger partial charge in [0, 0.05) is 12.6 Å². The fourth-order valence-electron chi connectivity index (χ4n) is 5.10. The van der Waals surface area contributed by atoms with Gasteiger partial charge in [0.1, 0.15) is 0 Å². The van der Waals surface area contributed by atoms with Crippen molar-refractivity contribution >= 4 is 15.7 Å². The zero-order valence-electron chi connectivity index (χ0n) is 17.1. The topological polar surface area (TPSA) is 111 Å². The zero-order chi connectivity index (χ0) is 21.1. The number of amides is 1. The summed E-state index contributed by atoms with van der Waals surface area (Å²) in [5.41, 5.74) is 0.861. The van der Waals surface area contributed by atoms with Crippen LogP contribution in [-0.4, -0.2) is 44.7 Å². The highest BCUT2D eigenvalue weighted by Crippen LogP contribution is 2.33. The molecule has 1 amide bonds. The van der Waals surface area contributed by atoms with Crippen LogP contribution in [0.2, 0.25) is 0 Å². The zero-order valence-corrected chi connectivity index (χ0v) is 18.0. The third kappa shape index (κ3) is 4.39. The smallest absolute Gasteiger partial charge is 0.237 e. The maximum Gasteiger partial charge on any atom is 0.237 e. The molecule has 1 aromatic carbocycles. The summed E-state index contributed by atoms with van der Waals surface area (Å²) in [4.78, 5) is 12.8. The van der Waals surface area contributed by atoms with Crippen LogP contribution in [-0.2, 0) is 21.2 Å². The Morgan fingerprint density at radius 2 is 1.93 bits per heavy atom. The van der Waals surface area contributed by atoms with Crippen LogP contribution >= 0.6 is 0 Å². The van der Waals surface area contributed by atoms with Crippen LogP contribution < -0.4 is 16.0 Å². The van der Waals surface area contributed by atoms with Gasteiger partial charge in [0.2, 0.25) is 5.91 Å². The molecule has 1 aromatic rings. The summed E-state index contributed by atoms with van der Waals surface area (Å²) in [5, 5.41) is 18.5. The highest BCUT2D eigenvalue weighted by molar-refractivity contribution is 7.92. The Morgan fingerprint density at radius 1 is 1.17 bits per heavy atom. The number of sulfone groups is 1. The van der Waals surface area contributed by atoms with Gasteiger partial charge in [0.05, 0.1) is 28.2 Å². The minimum Gasteiger partial charge on any atom is -0.351 e. The normalized spacial score (nSPS) is 31.5. The lowest BCUT2D eigenvalue weighted by Gasteiger charge is -2.26. The van der Waals surface area contributed by atoms with Gasteiger partial charge in [0.25, 0.3) is 0 Å². The first-order valence-electron chi connectivity index (χ1n) is 11.0. The standard InChI is InChI=1S/C22H30N4O3S/c23-12-16-3-1-2-4-21(16)30(28,29)18-7-5-15(6-8-18)13-25-22(27)20-11-17-14-24-10-9-19(17)26-20/h5-8,16-17,19-21,24,26H,1-4,9-11,13-14H2,(H,25,27). The van der Waals surface area contributed by atoms with E-state index in [0.717, 1.165) is 44.3 Å². The van der Waals surface area contributed by atoms with Crippen molar-refractivity contribution in [2.45, 2.75) is 67.3 Å². The predicted molar refractivity (Wildman–Crippen MR) is 113 cm³/mol. The van der Waals surface area contributed by atoms with Gasteiger partial charge in [-0.3, -0.25) is 4.79 Å². The van der Waals surface area contributed by atoms with Crippen molar-refractivity contribution in [2.75, 3.05) is 13.1 Å². The van der Waals surface area contributed by atoms with Gasteiger partial charge >= 0.3 is 0 Å². The molecule has 5 atom stereocenters. The molecule has 1 aliphatic carbocycles. The minimum absolute atomic E-state index is 0.000153. The van der Waals surface area contributed by atoms with Crippen molar-refractivity contribution in [2.24, 2.45) is 11.8 Å². The van der Waals surface area contributed by atoms with E-state index in [-0.39, 0.29) is 16.8 Å². The van der Waals surface area contributed by atoms with E-state index in [4.69, 9.17) is 0 Å². The van der Waals surface area contributed by atoms with E-state index in [1.165, 1.54) is 0 Å². The minimum atomic E-state index is -3.52. The number of rotatable bonds is 5. The molecule has 2 heterocycles. The molecule has 4 rings (SSSR count). The molecule has 162 valence electrons. The van der Waals surface area contributed by atoms with Gasteiger partial charge in [-0.2, -0.15) is 5.26 Å². The Morgan fingerprint density at radius 3 is 2.67 bits per heavy atom. The second kappa shape index (κ2) is 9.04. The van der Waals surface area contributed by atoms with E-state index in [0.29, 0.717) is 31.3 Å². The Balaban J connectivity index is 1.34. The quantitative estimate of drug-likeness (QED) is 0.653. The third-order valence-electron chi connectivity index (χ3n) is 6.86. The molecule has 0 bridgehead atoms. The van der Waals surface area contributed by atoms with Crippen LogP contribution in [0.25, 0.3) is 0 Å². The number of carbonyl (C=O) groups excluding carboxylic acids is 1. The van der Waals surface area contributed by atoms with Crippen LogP contribution in [0.3, 0.4) is 0 Å². The van der Waals surface area contributed by atoms with E-state index in [1.807, 2.05) is 0 Å². The SMILES string of the molecule is N#CC1CCCCC1S(=O)(=O)c1ccc(CNC(=O)C2CC3CNCCC3N2)cc1. The molecule has 0 radical (unpaired) electrons. The number of nitriles is 1. The lowest BCUT2D eigenvalue weighted by Crippen LogP contribution is -2.45. The summed E-state index contributed by atoms with van der Waals surface area (Å²) < 4.78 is 26.0. The molecule has 2 aliphatic heterocycles. The van der Waals surface area contributed by atoms with E-state index in [1.54, 1.807) is 24.3 Å². The van der Waals surface area contributed by atoms with Crippen molar-refractivity contribution in [1.82, 2.24) is 16.0 Å². The van der Waals surface area contributed by atoms with Crippen LogP contribution in [0, 0.1) is 23.2 Å². The van der Waals surface area contributed by atoms with Crippen molar-refractivity contribution in [3.05, 3.63) is 29.8 Å². The average Bonchev–Trinajstić information content (AvgIpc) is 3.22. The molecule has 7 nitrogen and oxygen atoms in total. The molecule has 30 heavy (non-hydrogen) atoms. The Kier molecular flexibility index (Phi) is 6.42. The Bertz CT molecular complexity index is 895. The lowest BCUT2D eigenvalue weighted by molar-refractivity contribution is -0.123. The van der Waals surface area contributed by atoms with Crippen LogP contribution in [0.4, 0.5) is 0 Å². The molecule has 0 spiro atoms. The summed E-state index contributed by atoms with van der Waals surface area (Å²) in [6.45, 7) is 2.33. The number of hydrogen-bond donors (Lipinski definition) is 3. The highest BCUT2D eigenvalue weighted by Gasteiger charge is 2.38. The first-order valence-corrected chi connectivity index (χ1v) is 12.5. The van der Waals surface area contributed by atoms with Gasteiger partial charge in [-0.15, -0.1) is 0 Å². The molecule has 3 fully saturated rings. The van der Waals surface area contributed by atoms with Crippen molar-refractivity contribution in [3.63, 3.8) is 0 Å². The highest BCUT2D eigenvalue weighted by atomic mass is 32.2. The second-order valence-corrected chi connectivity index (χ2v) is 10.9. The third-order valence-corrected chi connectivity index (χ3v) is 9.15.